The van der Waals surface area contributed by atoms with Gasteiger partial charge in [-0.2, -0.15) is 0 Å². The highest BCUT2D eigenvalue weighted by atomic mass is 19.1. The van der Waals surface area contributed by atoms with Gasteiger partial charge in [0.15, 0.2) is 0 Å². The number of carboxylic acid groups (broad SMARTS) is 1. The molecule has 0 radical (unpaired) electrons. The molecule has 0 saturated carbocycles. The van der Waals surface area contributed by atoms with Gasteiger partial charge in [-0.25, -0.2) is 19.2 Å². The molecule has 2 aliphatic rings. The molecule has 6 nitrogen and oxygen atoms in total. The number of hydrogen-bond acceptors (Lipinski definition) is 5. The molecule has 0 bridgehead atoms. The highest BCUT2D eigenvalue weighted by Gasteiger charge is 2.24. The SMILES string of the molecule is CCc1ccc2c(c1)-c1nc(NC3=CC=C(C(=O)O)C(C)C3)ncc1CN=C2c1ccccc1F. The molecule has 1 aliphatic carbocycles. The lowest BCUT2D eigenvalue weighted by Crippen LogP contribution is -2.17. The Morgan fingerprint density at radius 3 is 2.71 bits per heavy atom. The van der Waals surface area contributed by atoms with Gasteiger partial charge in [0.25, 0.3) is 0 Å². The Hall–Kier alpha value is -4.13. The number of allylic oxidation sites excluding steroid dienone is 3. The minimum absolute atomic E-state index is 0.120. The van der Waals surface area contributed by atoms with Crippen LogP contribution in [0.15, 0.2) is 77.1 Å². The largest absolute Gasteiger partial charge is 0.478 e. The van der Waals surface area contributed by atoms with E-state index in [4.69, 9.17) is 9.98 Å². The Labute approximate surface area is 203 Å². The molecule has 5 rings (SSSR count). The van der Waals surface area contributed by atoms with Crippen molar-refractivity contribution in [2.45, 2.75) is 33.2 Å². The van der Waals surface area contributed by atoms with Gasteiger partial charge in [0, 0.05) is 39.7 Å². The van der Waals surface area contributed by atoms with Crippen LogP contribution in [-0.2, 0) is 17.8 Å². The molecule has 0 fully saturated rings. The number of anilines is 1. The standard InChI is InChI=1S/C28H25FN4O2/c1-3-17-8-10-21-23(13-17)25-18(14-30-26(21)22-6-4-5-7-24(22)29)15-31-28(33-25)32-19-9-11-20(27(34)35)16(2)12-19/h4-11,13,15-16H,3,12,14H2,1-2H3,(H,34,35)(H,31,32,33). The van der Waals surface area contributed by atoms with Crippen LogP contribution in [0.3, 0.4) is 0 Å². The van der Waals surface area contributed by atoms with Gasteiger partial charge in [-0.05, 0) is 54.7 Å². The van der Waals surface area contributed by atoms with Gasteiger partial charge in [0.05, 0.1) is 18.0 Å². The zero-order chi connectivity index (χ0) is 24.5. The lowest BCUT2D eigenvalue weighted by molar-refractivity contribution is -0.133. The van der Waals surface area contributed by atoms with Gasteiger partial charge < -0.3 is 10.4 Å². The predicted octanol–water partition coefficient (Wildman–Crippen LogP) is 5.54. The number of benzene rings is 2. The maximum atomic E-state index is 14.7. The summed E-state index contributed by atoms with van der Waals surface area (Å²) in [7, 11) is 0. The van der Waals surface area contributed by atoms with Crippen LogP contribution in [-0.4, -0.2) is 26.8 Å². The summed E-state index contributed by atoms with van der Waals surface area (Å²) in [5.41, 5.74) is 6.78. The first-order valence-electron chi connectivity index (χ1n) is 11.6. The van der Waals surface area contributed by atoms with E-state index in [0.29, 0.717) is 35.8 Å². The molecule has 176 valence electrons. The van der Waals surface area contributed by atoms with Crippen LogP contribution in [0.2, 0.25) is 0 Å². The first-order valence-corrected chi connectivity index (χ1v) is 11.6. The molecule has 3 aromatic rings. The van der Waals surface area contributed by atoms with Gasteiger partial charge in [0.1, 0.15) is 5.82 Å². The Balaban J connectivity index is 1.57. The van der Waals surface area contributed by atoms with E-state index >= 15 is 0 Å². The van der Waals surface area contributed by atoms with E-state index in [1.807, 2.05) is 25.1 Å². The molecule has 35 heavy (non-hydrogen) atoms. The molecule has 7 heteroatoms. The zero-order valence-corrected chi connectivity index (χ0v) is 19.5. The second-order valence-corrected chi connectivity index (χ2v) is 8.79. The third-order valence-electron chi connectivity index (χ3n) is 6.44. The number of aliphatic imine (C=N–C) groups is 1. The van der Waals surface area contributed by atoms with Crippen molar-refractivity contribution in [1.29, 1.82) is 0 Å². The summed E-state index contributed by atoms with van der Waals surface area (Å²) in [6.45, 7) is 4.31. The Morgan fingerprint density at radius 1 is 1.14 bits per heavy atom. The number of rotatable bonds is 5. The van der Waals surface area contributed by atoms with Crippen LogP contribution in [0.5, 0.6) is 0 Å². The quantitative estimate of drug-likeness (QED) is 0.513. The van der Waals surface area contributed by atoms with Gasteiger partial charge in [-0.15, -0.1) is 0 Å². The van der Waals surface area contributed by atoms with Crippen molar-refractivity contribution in [2.24, 2.45) is 10.9 Å². The fourth-order valence-electron chi connectivity index (χ4n) is 4.54. The molecule has 0 amide bonds. The summed E-state index contributed by atoms with van der Waals surface area (Å²) in [4.78, 5) is 25.5. The van der Waals surface area contributed by atoms with E-state index in [0.717, 1.165) is 40.1 Å². The zero-order valence-electron chi connectivity index (χ0n) is 19.5. The molecule has 0 spiro atoms. The Bertz CT molecular complexity index is 1420. The Morgan fingerprint density at radius 2 is 1.97 bits per heavy atom. The number of aliphatic carboxylic acids is 1. The summed E-state index contributed by atoms with van der Waals surface area (Å²) in [5, 5.41) is 12.6. The number of fused-ring (bicyclic) bond motifs is 3. The van der Waals surface area contributed by atoms with Gasteiger partial charge >= 0.3 is 5.97 Å². The fourth-order valence-corrected chi connectivity index (χ4v) is 4.54. The second-order valence-electron chi connectivity index (χ2n) is 8.79. The highest BCUT2D eigenvalue weighted by Crippen LogP contribution is 2.34. The van der Waals surface area contributed by atoms with Crippen molar-refractivity contribution < 1.29 is 14.3 Å². The number of hydrogen-bond donors (Lipinski definition) is 2. The smallest absolute Gasteiger partial charge is 0.331 e. The molecule has 1 atom stereocenters. The average Bonchev–Trinajstić information content (AvgIpc) is 3.00. The van der Waals surface area contributed by atoms with E-state index in [2.05, 4.69) is 23.3 Å². The van der Waals surface area contributed by atoms with Crippen molar-refractivity contribution in [2.75, 3.05) is 5.32 Å². The van der Waals surface area contributed by atoms with Gasteiger partial charge in [0.2, 0.25) is 5.95 Å². The van der Waals surface area contributed by atoms with Crippen molar-refractivity contribution in [3.8, 4) is 11.3 Å². The number of carbonyl (C=O) groups is 1. The second kappa shape index (κ2) is 9.25. The number of nitrogens with one attached hydrogen (secondary N) is 1. The first kappa shape index (κ1) is 22.7. The summed E-state index contributed by atoms with van der Waals surface area (Å²) in [5.74, 6) is -0.909. The van der Waals surface area contributed by atoms with E-state index in [1.54, 1.807) is 30.5 Å². The minimum atomic E-state index is -0.900. The number of halogens is 1. The van der Waals surface area contributed by atoms with E-state index in [9.17, 15) is 14.3 Å². The van der Waals surface area contributed by atoms with Crippen LogP contribution < -0.4 is 5.32 Å². The summed E-state index contributed by atoms with van der Waals surface area (Å²) in [6, 6.07) is 12.8. The lowest BCUT2D eigenvalue weighted by atomic mass is 9.91. The van der Waals surface area contributed by atoms with Crippen LogP contribution in [0.25, 0.3) is 11.3 Å². The van der Waals surface area contributed by atoms with Crippen molar-refractivity contribution >= 4 is 17.6 Å². The molecule has 0 saturated heterocycles. The number of aryl methyl sites for hydroxylation is 1. The van der Waals surface area contributed by atoms with Crippen LogP contribution in [0.4, 0.5) is 10.3 Å². The monoisotopic (exact) mass is 468 g/mol. The van der Waals surface area contributed by atoms with Crippen molar-refractivity contribution in [1.82, 2.24) is 9.97 Å². The summed E-state index contributed by atoms with van der Waals surface area (Å²) < 4.78 is 14.7. The summed E-state index contributed by atoms with van der Waals surface area (Å²) >= 11 is 0. The maximum absolute atomic E-state index is 14.7. The molecule has 2 N–H and O–H groups in total. The third kappa shape index (κ3) is 4.37. The minimum Gasteiger partial charge on any atom is -0.478 e. The molecule has 2 heterocycles. The topological polar surface area (TPSA) is 87.5 Å². The predicted molar refractivity (Wildman–Crippen MR) is 134 cm³/mol. The van der Waals surface area contributed by atoms with Crippen LogP contribution >= 0.6 is 0 Å². The van der Waals surface area contributed by atoms with E-state index < -0.39 is 5.97 Å². The van der Waals surface area contributed by atoms with Crippen LogP contribution in [0.1, 0.15) is 42.5 Å². The van der Waals surface area contributed by atoms with Crippen molar-refractivity contribution in [3.05, 3.63) is 100 Å². The van der Waals surface area contributed by atoms with Crippen molar-refractivity contribution in [3.63, 3.8) is 0 Å². The highest BCUT2D eigenvalue weighted by molar-refractivity contribution is 6.17. The number of aromatic nitrogens is 2. The van der Waals surface area contributed by atoms with E-state index in [1.165, 1.54) is 6.07 Å². The summed E-state index contributed by atoms with van der Waals surface area (Å²) in [6.07, 6.45) is 6.55. The third-order valence-corrected chi connectivity index (χ3v) is 6.44. The Kier molecular flexibility index (Phi) is 5.99. The molecular weight excluding hydrogens is 443 g/mol. The number of carboxylic acids is 1. The van der Waals surface area contributed by atoms with Crippen LogP contribution in [0, 0.1) is 11.7 Å². The maximum Gasteiger partial charge on any atom is 0.331 e. The molecule has 2 aromatic carbocycles. The number of nitrogens with zero attached hydrogens (tertiary/aromatic N) is 3. The molecule has 1 aromatic heterocycles. The normalized spacial score (nSPS) is 16.8. The fraction of sp³-hybridized carbons (Fsp3) is 0.214. The molecule has 1 aliphatic heterocycles. The van der Waals surface area contributed by atoms with Gasteiger partial charge in [-0.1, -0.05) is 38.1 Å². The van der Waals surface area contributed by atoms with Gasteiger partial charge in [-0.3, -0.25) is 4.99 Å². The lowest BCUT2D eigenvalue weighted by Gasteiger charge is -2.20. The van der Waals surface area contributed by atoms with E-state index in [-0.39, 0.29) is 11.7 Å². The average molecular weight is 469 g/mol. The first-order chi connectivity index (χ1) is 16.9. The molecular formula is C28H25FN4O2. The molecule has 1 unspecified atom stereocenters.